The molecule has 0 aliphatic carbocycles. The molecule has 2 rings (SSSR count). The summed E-state index contributed by atoms with van der Waals surface area (Å²) in [4.78, 5) is 11.9. The Morgan fingerprint density at radius 1 is 1.44 bits per heavy atom. The van der Waals surface area contributed by atoms with E-state index in [-0.39, 0.29) is 17.5 Å². The summed E-state index contributed by atoms with van der Waals surface area (Å²) in [6, 6.07) is 2.51. The number of aryl methyl sites for hydroxylation is 1. The minimum atomic E-state index is -0.741. The van der Waals surface area contributed by atoms with E-state index in [2.05, 4.69) is 10.6 Å². The van der Waals surface area contributed by atoms with Gasteiger partial charge in [0, 0.05) is 6.54 Å². The normalized spacial score (nSPS) is 19.6. The average Bonchev–Trinajstić information content (AvgIpc) is 2.40. The Morgan fingerprint density at radius 3 is 2.89 bits per heavy atom. The summed E-state index contributed by atoms with van der Waals surface area (Å²) in [5.41, 5.74) is -0.0287. The fraction of sp³-hybridized carbons (Fsp3) is 0.462. The number of carbonyl (C=O) groups excluding carboxylic acids is 1. The van der Waals surface area contributed by atoms with Crippen molar-refractivity contribution in [3.8, 4) is 0 Å². The number of hydrogen-bond acceptors (Lipinski definition) is 2. The van der Waals surface area contributed by atoms with Crippen LogP contribution in [0.5, 0.6) is 0 Å². The highest BCUT2D eigenvalue weighted by Crippen LogP contribution is 2.23. The number of benzene rings is 1. The quantitative estimate of drug-likeness (QED) is 0.849. The predicted octanol–water partition coefficient (Wildman–Crippen LogP) is 2.21. The molecule has 1 heterocycles. The number of carbonyl (C=O) groups is 1. The van der Waals surface area contributed by atoms with E-state index in [1.807, 2.05) is 0 Å². The van der Waals surface area contributed by atoms with Crippen LogP contribution in [0.1, 0.15) is 18.4 Å². The molecule has 5 heteroatoms. The van der Waals surface area contributed by atoms with Gasteiger partial charge in [-0.05, 0) is 37.9 Å². The van der Waals surface area contributed by atoms with E-state index in [4.69, 9.17) is 0 Å². The molecule has 1 amide bonds. The molecule has 1 atom stereocenters. The Morgan fingerprint density at radius 2 is 2.22 bits per heavy atom. The molecule has 0 saturated carbocycles. The maximum atomic E-state index is 13.7. The lowest BCUT2D eigenvalue weighted by Gasteiger charge is -2.22. The zero-order chi connectivity index (χ0) is 13.1. The van der Waals surface area contributed by atoms with E-state index in [9.17, 15) is 13.6 Å². The van der Waals surface area contributed by atoms with E-state index < -0.39 is 11.6 Å². The van der Waals surface area contributed by atoms with Gasteiger partial charge in [0.25, 0.3) is 0 Å². The molecule has 0 aromatic heterocycles. The molecule has 2 N–H and O–H groups in total. The van der Waals surface area contributed by atoms with Crippen LogP contribution in [-0.4, -0.2) is 19.0 Å². The van der Waals surface area contributed by atoms with Crippen LogP contribution in [0.25, 0.3) is 0 Å². The van der Waals surface area contributed by atoms with Crippen LogP contribution in [0.3, 0.4) is 0 Å². The molecule has 0 spiro atoms. The Kier molecular flexibility index (Phi) is 3.91. The van der Waals surface area contributed by atoms with Crippen molar-refractivity contribution < 1.29 is 13.6 Å². The maximum absolute atomic E-state index is 13.7. The summed E-state index contributed by atoms with van der Waals surface area (Å²) in [5, 5.41) is 5.45. The van der Waals surface area contributed by atoms with Gasteiger partial charge < -0.3 is 10.6 Å². The van der Waals surface area contributed by atoms with E-state index in [1.54, 1.807) is 0 Å². The van der Waals surface area contributed by atoms with Crippen molar-refractivity contribution >= 4 is 11.6 Å². The van der Waals surface area contributed by atoms with E-state index >= 15 is 0 Å². The Bertz CT molecular complexity index is 457. The molecule has 3 nitrogen and oxygen atoms in total. The smallest absolute Gasteiger partial charge is 0.228 e. The van der Waals surface area contributed by atoms with Gasteiger partial charge in [-0.25, -0.2) is 8.78 Å². The monoisotopic (exact) mass is 254 g/mol. The van der Waals surface area contributed by atoms with Crippen molar-refractivity contribution in [1.29, 1.82) is 0 Å². The molecule has 18 heavy (non-hydrogen) atoms. The largest absolute Gasteiger partial charge is 0.321 e. The van der Waals surface area contributed by atoms with Crippen LogP contribution >= 0.6 is 0 Å². The maximum Gasteiger partial charge on any atom is 0.228 e. The van der Waals surface area contributed by atoms with Crippen LogP contribution in [-0.2, 0) is 4.79 Å². The topological polar surface area (TPSA) is 41.1 Å². The van der Waals surface area contributed by atoms with E-state index in [1.165, 1.54) is 13.0 Å². The number of halogens is 2. The average molecular weight is 254 g/mol. The van der Waals surface area contributed by atoms with Crippen LogP contribution in [0, 0.1) is 24.5 Å². The van der Waals surface area contributed by atoms with Crippen molar-refractivity contribution in [3.63, 3.8) is 0 Å². The van der Waals surface area contributed by atoms with E-state index in [0.717, 1.165) is 25.5 Å². The lowest BCUT2D eigenvalue weighted by Crippen LogP contribution is -2.37. The number of piperidine rings is 1. The molecule has 0 bridgehead atoms. The molecule has 1 aromatic rings. The zero-order valence-corrected chi connectivity index (χ0v) is 10.2. The second-order valence-electron chi connectivity index (χ2n) is 4.59. The van der Waals surface area contributed by atoms with E-state index in [0.29, 0.717) is 12.1 Å². The summed E-state index contributed by atoms with van der Waals surface area (Å²) < 4.78 is 27.2. The number of rotatable bonds is 2. The minimum absolute atomic E-state index is 0.224. The second kappa shape index (κ2) is 5.44. The number of anilines is 1. The van der Waals surface area contributed by atoms with Crippen LogP contribution in [0.15, 0.2) is 12.1 Å². The first-order valence-electron chi connectivity index (χ1n) is 6.06. The lowest BCUT2D eigenvalue weighted by molar-refractivity contribution is -0.120. The first-order chi connectivity index (χ1) is 8.59. The number of nitrogens with one attached hydrogen (secondary N) is 2. The van der Waals surface area contributed by atoms with Gasteiger partial charge in [0.2, 0.25) is 5.91 Å². The third-order valence-electron chi connectivity index (χ3n) is 3.20. The summed E-state index contributed by atoms with van der Waals surface area (Å²) in [6.45, 7) is 2.98. The molecule has 1 aliphatic heterocycles. The van der Waals surface area contributed by atoms with Gasteiger partial charge in [0.05, 0.1) is 5.92 Å². The third-order valence-corrected chi connectivity index (χ3v) is 3.20. The second-order valence-corrected chi connectivity index (χ2v) is 4.59. The summed E-state index contributed by atoms with van der Waals surface area (Å²) in [7, 11) is 0. The van der Waals surface area contributed by atoms with Crippen molar-refractivity contribution in [1.82, 2.24) is 5.32 Å². The first kappa shape index (κ1) is 13.0. The number of hydrogen-bond donors (Lipinski definition) is 2. The molecule has 1 aromatic carbocycles. The van der Waals surface area contributed by atoms with Gasteiger partial charge in [-0.3, -0.25) is 4.79 Å². The van der Waals surface area contributed by atoms with Crippen LogP contribution < -0.4 is 10.6 Å². The van der Waals surface area contributed by atoms with Crippen molar-refractivity contribution in [2.75, 3.05) is 18.4 Å². The van der Waals surface area contributed by atoms with Gasteiger partial charge >= 0.3 is 0 Å². The van der Waals surface area contributed by atoms with Gasteiger partial charge in [-0.15, -0.1) is 0 Å². The standard InChI is InChI=1S/C13H16F2N2O/c1-8-4-5-10(14)12(11(8)15)17-13(18)9-3-2-6-16-7-9/h4-5,9,16H,2-3,6-7H2,1H3,(H,17,18)/t9-/m0/s1. The van der Waals surface area contributed by atoms with Gasteiger partial charge in [0.15, 0.2) is 5.82 Å². The Hall–Kier alpha value is -1.49. The molecule has 1 fully saturated rings. The van der Waals surface area contributed by atoms with Gasteiger partial charge in [-0.1, -0.05) is 6.07 Å². The molecule has 98 valence electrons. The highest BCUT2D eigenvalue weighted by atomic mass is 19.1. The van der Waals surface area contributed by atoms with Crippen molar-refractivity contribution in [2.45, 2.75) is 19.8 Å². The molecular formula is C13H16F2N2O. The minimum Gasteiger partial charge on any atom is -0.321 e. The van der Waals surface area contributed by atoms with Gasteiger partial charge in [-0.2, -0.15) is 0 Å². The fourth-order valence-corrected chi connectivity index (χ4v) is 2.07. The zero-order valence-electron chi connectivity index (χ0n) is 10.2. The SMILES string of the molecule is Cc1ccc(F)c(NC(=O)[C@H]2CCCNC2)c1F. The highest BCUT2D eigenvalue weighted by molar-refractivity contribution is 5.93. The van der Waals surface area contributed by atoms with Gasteiger partial charge in [0.1, 0.15) is 11.5 Å². The third kappa shape index (κ3) is 2.67. The lowest BCUT2D eigenvalue weighted by atomic mass is 9.98. The molecule has 0 unspecified atom stereocenters. The summed E-state index contributed by atoms with van der Waals surface area (Å²) >= 11 is 0. The summed E-state index contributed by atoms with van der Waals surface area (Å²) in [5.74, 6) is -1.99. The van der Waals surface area contributed by atoms with Crippen molar-refractivity contribution in [2.24, 2.45) is 5.92 Å². The molecular weight excluding hydrogens is 238 g/mol. The molecule has 1 saturated heterocycles. The molecule has 0 radical (unpaired) electrons. The Labute approximate surface area is 105 Å². The molecule has 1 aliphatic rings. The Balaban J connectivity index is 2.13. The number of amides is 1. The predicted molar refractivity (Wildman–Crippen MR) is 65.3 cm³/mol. The summed E-state index contributed by atoms with van der Waals surface area (Å²) in [6.07, 6.45) is 1.64. The first-order valence-corrected chi connectivity index (χ1v) is 6.06. The van der Waals surface area contributed by atoms with Crippen molar-refractivity contribution in [3.05, 3.63) is 29.3 Å². The van der Waals surface area contributed by atoms with Crippen LogP contribution in [0.4, 0.5) is 14.5 Å². The fourth-order valence-electron chi connectivity index (χ4n) is 2.07. The highest BCUT2D eigenvalue weighted by Gasteiger charge is 2.23. The van der Waals surface area contributed by atoms with Crippen LogP contribution in [0.2, 0.25) is 0 Å².